The van der Waals surface area contributed by atoms with E-state index in [1.807, 2.05) is 13.0 Å². The summed E-state index contributed by atoms with van der Waals surface area (Å²) < 4.78 is 0. The van der Waals surface area contributed by atoms with Gasteiger partial charge in [0.05, 0.1) is 5.69 Å². The molecular formula is C8H10BrNO. The Labute approximate surface area is 74.4 Å². The first kappa shape index (κ1) is 8.53. The van der Waals surface area contributed by atoms with Gasteiger partial charge < -0.3 is 5.11 Å². The quantitative estimate of drug-likeness (QED) is 0.730. The second kappa shape index (κ2) is 3.22. The van der Waals surface area contributed by atoms with Crippen molar-refractivity contribution in [3.8, 4) is 5.75 Å². The van der Waals surface area contributed by atoms with Crippen molar-refractivity contribution in [1.29, 1.82) is 0 Å². The number of aromatic hydroxyl groups is 1. The maximum Gasteiger partial charge on any atom is 0.140 e. The average molecular weight is 216 g/mol. The predicted molar refractivity (Wildman–Crippen MR) is 48.0 cm³/mol. The molecule has 0 saturated heterocycles. The molecule has 0 fully saturated rings. The number of nitrogens with zero attached hydrogens (tertiary/aromatic N) is 1. The molecule has 0 spiro atoms. The molecule has 0 bridgehead atoms. The van der Waals surface area contributed by atoms with Crippen LogP contribution >= 0.6 is 15.9 Å². The Morgan fingerprint density at radius 3 is 2.73 bits per heavy atom. The average Bonchev–Trinajstić information content (AvgIpc) is 1.96. The van der Waals surface area contributed by atoms with E-state index in [2.05, 4.69) is 20.9 Å². The predicted octanol–water partition coefficient (Wildman–Crippen LogP) is 2.30. The molecule has 60 valence electrons. The summed E-state index contributed by atoms with van der Waals surface area (Å²) in [6.45, 7) is 3.72. The van der Waals surface area contributed by atoms with E-state index in [0.29, 0.717) is 16.8 Å². The maximum atomic E-state index is 9.43. The van der Waals surface area contributed by atoms with E-state index in [9.17, 15) is 5.11 Å². The number of alkyl halides is 1. The molecule has 11 heavy (non-hydrogen) atoms. The van der Waals surface area contributed by atoms with Crippen LogP contribution in [0.3, 0.4) is 0 Å². The third kappa shape index (κ3) is 1.71. The van der Waals surface area contributed by atoms with Gasteiger partial charge in [-0.05, 0) is 19.9 Å². The number of rotatable bonds is 1. The van der Waals surface area contributed by atoms with Crippen molar-refractivity contribution in [2.24, 2.45) is 0 Å². The van der Waals surface area contributed by atoms with Gasteiger partial charge in [-0.25, -0.2) is 0 Å². The summed E-state index contributed by atoms with van der Waals surface area (Å²) in [4.78, 5) is 4.11. The summed E-state index contributed by atoms with van der Waals surface area (Å²) in [7, 11) is 0. The normalized spacial score (nSPS) is 10.1. The van der Waals surface area contributed by atoms with Crippen LogP contribution in [0.25, 0.3) is 0 Å². The summed E-state index contributed by atoms with van der Waals surface area (Å²) in [5.41, 5.74) is 2.53. The largest absolute Gasteiger partial charge is 0.506 e. The van der Waals surface area contributed by atoms with Gasteiger partial charge in [-0.3, -0.25) is 4.98 Å². The molecule has 0 unspecified atom stereocenters. The second-order valence-electron chi connectivity index (χ2n) is 2.49. The first-order valence-corrected chi connectivity index (χ1v) is 4.49. The molecule has 0 aliphatic carbocycles. The van der Waals surface area contributed by atoms with Gasteiger partial charge in [-0.15, -0.1) is 0 Å². The summed E-state index contributed by atoms with van der Waals surface area (Å²) in [6, 6.07) is 1.87. The minimum atomic E-state index is 0.299. The van der Waals surface area contributed by atoms with Crippen molar-refractivity contribution >= 4 is 15.9 Å². The zero-order chi connectivity index (χ0) is 8.43. The molecular weight excluding hydrogens is 206 g/mol. The highest BCUT2D eigenvalue weighted by Crippen LogP contribution is 2.22. The summed E-state index contributed by atoms with van der Waals surface area (Å²) in [6.07, 6.45) is 0. The second-order valence-corrected chi connectivity index (χ2v) is 3.05. The maximum absolute atomic E-state index is 9.43. The molecule has 0 aromatic carbocycles. The molecule has 1 N–H and O–H groups in total. The van der Waals surface area contributed by atoms with E-state index in [0.717, 1.165) is 11.3 Å². The van der Waals surface area contributed by atoms with Gasteiger partial charge in [-0.2, -0.15) is 0 Å². The molecule has 0 aliphatic heterocycles. The fraction of sp³-hybridized carbons (Fsp3) is 0.375. The van der Waals surface area contributed by atoms with Crippen molar-refractivity contribution in [1.82, 2.24) is 4.98 Å². The minimum Gasteiger partial charge on any atom is -0.506 e. The molecule has 0 saturated carbocycles. The molecule has 0 aliphatic rings. The van der Waals surface area contributed by atoms with Crippen LogP contribution in [-0.2, 0) is 5.33 Å². The molecule has 1 heterocycles. The van der Waals surface area contributed by atoms with Crippen LogP contribution in [0, 0.1) is 13.8 Å². The summed E-state index contributed by atoms with van der Waals surface area (Å²) in [5.74, 6) is 0.299. The Hall–Kier alpha value is -0.570. The van der Waals surface area contributed by atoms with Crippen molar-refractivity contribution in [3.05, 3.63) is 23.0 Å². The van der Waals surface area contributed by atoms with Crippen LogP contribution in [0.15, 0.2) is 6.07 Å². The van der Waals surface area contributed by atoms with Gasteiger partial charge in [0.25, 0.3) is 0 Å². The van der Waals surface area contributed by atoms with Crippen molar-refractivity contribution < 1.29 is 5.11 Å². The van der Waals surface area contributed by atoms with Gasteiger partial charge in [0, 0.05) is 16.6 Å². The van der Waals surface area contributed by atoms with E-state index in [4.69, 9.17) is 0 Å². The van der Waals surface area contributed by atoms with Gasteiger partial charge in [-0.1, -0.05) is 15.9 Å². The van der Waals surface area contributed by atoms with E-state index < -0.39 is 0 Å². The van der Waals surface area contributed by atoms with Crippen LogP contribution in [0.5, 0.6) is 5.75 Å². The molecule has 1 aromatic rings. The van der Waals surface area contributed by atoms with Crippen LogP contribution in [0.2, 0.25) is 0 Å². The van der Waals surface area contributed by atoms with Gasteiger partial charge in [0.2, 0.25) is 0 Å². The van der Waals surface area contributed by atoms with Crippen molar-refractivity contribution in [3.63, 3.8) is 0 Å². The molecule has 0 radical (unpaired) electrons. The number of pyridine rings is 1. The molecule has 2 nitrogen and oxygen atoms in total. The molecule has 3 heteroatoms. The van der Waals surface area contributed by atoms with Crippen LogP contribution in [0.1, 0.15) is 17.0 Å². The number of aromatic nitrogens is 1. The lowest BCUT2D eigenvalue weighted by Gasteiger charge is -2.04. The number of hydrogen-bond donors (Lipinski definition) is 1. The highest BCUT2D eigenvalue weighted by molar-refractivity contribution is 9.08. The Morgan fingerprint density at radius 2 is 2.18 bits per heavy atom. The van der Waals surface area contributed by atoms with E-state index >= 15 is 0 Å². The lowest BCUT2D eigenvalue weighted by Crippen LogP contribution is -1.90. The van der Waals surface area contributed by atoms with Crippen molar-refractivity contribution in [2.75, 3.05) is 0 Å². The smallest absolute Gasteiger partial charge is 0.140 e. The lowest BCUT2D eigenvalue weighted by atomic mass is 10.2. The molecule has 0 atom stereocenters. The summed E-state index contributed by atoms with van der Waals surface area (Å²) in [5, 5.41) is 10.1. The minimum absolute atomic E-state index is 0.299. The molecule has 1 aromatic heterocycles. The van der Waals surface area contributed by atoms with E-state index in [1.54, 1.807) is 6.92 Å². The fourth-order valence-electron chi connectivity index (χ4n) is 1.00. The van der Waals surface area contributed by atoms with Crippen LogP contribution in [-0.4, -0.2) is 10.1 Å². The molecule has 0 amide bonds. The van der Waals surface area contributed by atoms with E-state index in [1.165, 1.54) is 0 Å². The zero-order valence-electron chi connectivity index (χ0n) is 6.56. The van der Waals surface area contributed by atoms with Crippen molar-refractivity contribution in [2.45, 2.75) is 19.2 Å². The SMILES string of the molecule is Cc1cc(CBr)c(O)c(C)n1. The van der Waals surface area contributed by atoms with Crippen LogP contribution < -0.4 is 0 Å². The Kier molecular flexibility index (Phi) is 2.49. The third-order valence-electron chi connectivity index (χ3n) is 1.52. The fourth-order valence-corrected chi connectivity index (χ4v) is 1.43. The van der Waals surface area contributed by atoms with Gasteiger partial charge >= 0.3 is 0 Å². The first-order valence-electron chi connectivity index (χ1n) is 3.37. The van der Waals surface area contributed by atoms with Gasteiger partial charge in [0.1, 0.15) is 5.75 Å². The highest BCUT2D eigenvalue weighted by atomic mass is 79.9. The van der Waals surface area contributed by atoms with E-state index in [-0.39, 0.29) is 0 Å². The highest BCUT2D eigenvalue weighted by Gasteiger charge is 2.04. The number of halogens is 1. The van der Waals surface area contributed by atoms with Gasteiger partial charge in [0.15, 0.2) is 0 Å². The number of hydrogen-bond acceptors (Lipinski definition) is 2. The standard InChI is InChI=1S/C8H10BrNO/c1-5-3-7(4-9)8(11)6(2)10-5/h3,11H,4H2,1-2H3. The topological polar surface area (TPSA) is 33.1 Å². The monoisotopic (exact) mass is 215 g/mol. The molecule has 1 rings (SSSR count). The zero-order valence-corrected chi connectivity index (χ0v) is 8.14. The lowest BCUT2D eigenvalue weighted by molar-refractivity contribution is 0.462. The first-order chi connectivity index (χ1) is 5.15. The Balaban J connectivity index is 3.24. The number of aryl methyl sites for hydroxylation is 2. The Bertz CT molecular complexity index is 273. The van der Waals surface area contributed by atoms with Crippen LogP contribution in [0.4, 0.5) is 0 Å². The summed E-state index contributed by atoms with van der Waals surface area (Å²) >= 11 is 3.29. The Morgan fingerprint density at radius 1 is 1.55 bits per heavy atom. The third-order valence-corrected chi connectivity index (χ3v) is 2.12.